The first-order valence-electron chi connectivity index (χ1n) is 8.59. The number of urea groups is 1. The Balaban J connectivity index is 1.80. The second-order valence-electron chi connectivity index (χ2n) is 6.97. The van der Waals surface area contributed by atoms with Gasteiger partial charge in [0, 0.05) is 31.2 Å². The lowest BCUT2D eigenvalue weighted by molar-refractivity contribution is 0.177. The summed E-state index contributed by atoms with van der Waals surface area (Å²) in [6.07, 6.45) is 1.81. The van der Waals surface area contributed by atoms with Gasteiger partial charge in [-0.05, 0) is 43.9 Å². The number of piperidine rings is 1. The fraction of sp³-hybridized carbons (Fsp3) is 0.611. The number of rotatable bonds is 5. The SMILES string of the molecule is CC(C)CN1CCC(NC(=O)NC(C)c2cc(F)ccc2F)CC1. The maximum absolute atomic E-state index is 13.7. The molecule has 1 fully saturated rings. The molecule has 4 nitrogen and oxygen atoms in total. The van der Waals surface area contributed by atoms with E-state index in [9.17, 15) is 13.6 Å². The van der Waals surface area contributed by atoms with Gasteiger partial charge in [0.15, 0.2) is 0 Å². The number of hydrogen-bond donors (Lipinski definition) is 2. The van der Waals surface area contributed by atoms with Gasteiger partial charge in [-0.1, -0.05) is 13.8 Å². The molecule has 0 bridgehead atoms. The highest BCUT2D eigenvalue weighted by atomic mass is 19.1. The number of carbonyl (C=O) groups is 1. The van der Waals surface area contributed by atoms with Crippen LogP contribution in [-0.2, 0) is 0 Å². The molecule has 1 atom stereocenters. The van der Waals surface area contributed by atoms with Gasteiger partial charge in [-0.15, -0.1) is 0 Å². The van der Waals surface area contributed by atoms with E-state index in [0.29, 0.717) is 5.92 Å². The number of carbonyl (C=O) groups excluding carboxylic acids is 1. The lowest BCUT2D eigenvalue weighted by atomic mass is 10.0. The Bertz CT molecular complexity index is 557. The number of nitrogens with zero attached hydrogens (tertiary/aromatic N) is 1. The Morgan fingerprint density at radius 1 is 1.25 bits per heavy atom. The second kappa shape index (κ2) is 8.42. The average molecular weight is 339 g/mol. The first-order chi connectivity index (χ1) is 11.3. The Kier molecular flexibility index (Phi) is 6.54. The quantitative estimate of drug-likeness (QED) is 0.863. The maximum Gasteiger partial charge on any atom is 0.315 e. The summed E-state index contributed by atoms with van der Waals surface area (Å²) >= 11 is 0. The van der Waals surface area contributed by atoms with Crippen molar-refractivity contribution in [2.24, 2.45) is 5.92 Å². The van der Waals surface area contributed by atoms with Crippen LogP contribution >= 0.6 is 0 Å². The molecular weight excluding hydrogens is 312 g/mol. The standard InChI is InChI=1S/C18H27F2N3O/c1-12(2)11-23-8-6-15(7-9-23)22-18(24)21-13(3)16-10-14(19)4-5-17(16)20/h4-5,10,12-13,15H,6-9,11H2,1-3H3,(H2,21,22,24). The van der Waals surface area contributed by atoms with Gasteiger partial charge in [-0.25, -0.2) is 13.6 Å². The molecule has 1 aliphatic rings. The van der Waals surface area contributed by atoms with Gasteiger partial charge in [-0.3, -0.25) is 0 Å². The van der Waals surface area contributed by atoms with Crippen LogP contribution < -0.4 is 10.6 Å². The van der Waals surface area contributed by atoms with Crippen molar-refractivity contribution in [1.29, 1.82) is 0 Å². The highest BCUT2D eigenvalue weighted by molar-refractivity contribution is 5.74. The molecule has 134 valence electrons. The molecule has 2 amide bonds. The summed E-state index contributed by atoms with van der Waals surface area (Å²) in [6.45, 7) is 9.06. The molecule has 1 aromatic carbocycles. The summed E-state index contributed by atoms with van der Waals surface area (Å²) in [5.41, 5.74) is 0.150. The van der Waals surface area contributed by atoms with Crippen LogP contribution in [0.25, 0.3) is 0 Å². The first kappa shape index (κ1) is 18.6. The van der Waals surface area contributed by atoms with Gasteiger partial charge in [0.2, 0.25) is 0 Å². The number of halogens is 2. The molecule has 0 spiro atoms. The zero-order valence-corrected chi connectivity index (χ0v) is 14.6. The summed E-state index contributed by atoms with van der Waals surface area (Å²) < 4.78 is 27.0. The van der Waals surface area contributed by atoms with Crippen LogP contribution in [-0.4, -0.2) is 36.6 Å². The van der Waals surface area contributed by atoms with Crippen LogP contribution in [0.3, 0.4) is 0 Å². The van der Waals surface area contributed by atoms with E-state index >= 15 is 0 Å². The lowest BCUT2D eigenvalue weighted by Gasteiger charge is -2.33. The predicted molar refractivity (Wildman–Crippen MR) is 90.7 cm³/mol. The molecule has 1 aromatic rings. The molecule has 6 heteroatoms. The van der Waals surface area contributed by atoms with Crippen LogP contribution in [0, 0.1) is 17.6 Å². The molecule has 1 unspecified atom stereocenters. The fourth-order valence-corrected chi connectivity index (χ4v) is 3.12. The van der Waals surface area contributed by atoms with Crippen LogP contribution in [0.5, 0.6) is 0 Å². The molecular formula is C18H27F2N3O. The van der Waals surface area contributed by atoms with Gasteiger partial charge < -0.3 is 15.5 Å². The van der Waals surface area contributed by atoms with E-state index < -0.39 is 17.7 Å². The van der Waals surface area contributed by atoms with Crippen LogP contribution in [0.2, 0.25) is 0 Å². The molecule has 0 radical (unpaired) electrons. The van der Waals surface area contributed by atoms with E-state index in [2.05, 4.69) is 29.4 Å². The zero-order chi connectivity index (χ0) is 17.7. The van der Waals surface area contributed by atoms with E-state index in [1.807, 2.05) is 0 Å². The number of nitrogens with one attached hydrogen (secondary N) is 2. The third-order valence-electron chi connectivity index (χ3n) is 4.32. The van der Waals surface area contributed by atoms with Crippen molar-refractivity contribution in [3.8, 4) is 0 Å². The van der Waals surface area contributed by atoms with Crippen molar-refractivity contribution in [1.82, 2.24) is 15.5 Å². The molecule has 1 aliphatic heterocycles. The molecule has 2 N–H and O–H groups in total. The van der Waals surface area contributed by atoms with Crippen LogP contribution in [0.4, 0.5) is 13.6 Å². The first-order valence-corrected chi connectivity index (χ1v) is 8.59. The van der Waals surface area contributed by atoms with Crippen LogP contribution in [0.15, 0.2) is 18.2 Å². The van der Waals surface area contributed by atoms with Crippen molar-refractivity contribution in [2.75, 3.05) is 19.6 Å². The van der Waals surface area contributed by atoms with Crippen molar-refractivity contribution >= 4 is 6.03 Å². The zero-order valence-electron chi connectivity index (χ0n) is 14.6. The molecule has 24 heavy (non-hydrogen) atoms. The summed E-state index contributed by atoms with van der Waals surface area (Å²) in [7, 11) is 0. The van der Waals surface area contributed by atoms with E-state index in [4.69, 9.17) is 0 Å². The average Bonchev–Trinajstić information content (AvgIpc) is 2.51. The minimum atomic E-state index is -0.596. The summed E-state index contributed by atoms with van der Waals surface area (Å²) in [5.74, 6) is -0.399. The smallest absolute Gasteiger partial charge is 0.315 e. The number of hydrogen-bond acceptors (Lipinski definition) is 2. The van der Waals surface area contributed by atoms with E-state index in [1.165, 1.54) is 0 Å². The Morgan fingerprint density at radius 2 is 1.92 bits per heavy atom. The molecule has 0 aromatic heterocycles. The topological polar surface area (TPSA) is 44.4 Å². The molecule has 1 saturated heterocycles. The van der Waals surface area contributed by atoms with Gasteiger partial charge in [-0.2, -0.15) is 0 Å². The largest absolute Gasteiger partial charge is 0.335 e. The van der Waals surface area contributed by atoms with E-state index in [1.54, 1.807) is 6.92 Å². The highest BCUT2D eigenvalue weighted by Gasteiger charge is 2.22. The fourth-order valence-electron chi connectivity index (χ4n) is 3.12. The minimum absolute atomic E-state index is 0.123. The van der Waals surface area contributed by atoms with Gasteiger partial charge in [0.25, 0.3) is 0 Å². The van der Waals surface area contributed by atoms with Gasteiger partial charge in [0.1, 0.15) is 11.6 Å². The molecule has 0 saturated carbocycles. The normalized spacial score (nSPS) is 17.8. The summed E-state index contributed by atoms with van der Waals surface area (Å²) in [6, 6.07) is 2.44. The Morgan fingerprint density at radius 3 is 2.54 bits per heavy atom. The monoisotopic (exact) mass is 339 g/mol. The second-order valence-corrected chi connectivity index (χ2v) is 6.97. The molecule has 0 aliphatic carbocycles. The lowest BCUT2D eigenvalue weighted by Crippen LogP contribution is -2.48. The van der Waals surface area contributed by atoms with Crippen molar-refractivity contribution in [3.63, 3.8) is 0 Å². The Labute approximate surface area is 142 Å². The number of benzene rings is 1. The van der Waals surface area contributed by atoms with Crippen molar-refractivity contribution in [2.45, 2.75) is 45.7 Å². The Hall–Kier alpha value is -1.69. The highest BCUT2D eigenvalue weighted by Crippen LogP contribution is 2.18. The van der Waals surface area contributed by atoms with E-state index in [0.717, 1.165) is 50.7 Å². The summed E-state index contributed by atoms with van der Waals surface area (Å²) in [4.78, 5) is 14.5. The maximum atomic E-state index is 13.7. The number of amides is 2. The predicted octanol–water partition coefficient (Wildman–Crippen LogP) is 3.45. The van der Waals surface area contributed by atoms with Gasteiger partial charge in [0.05, 0.1) is 6.04 Å². The van der Waals surface area contributed by atoms with Gasteiger partial charge >= 0.3 is 6.03 Å². The number of likely N-dealkylation sites (tertiary alicyclic amines) is 1. The van der Waals surface area contributed by atoms with Crippen molar-refractivity contribution < 1.29 is 13.6 Å². The summed E-state index contributed by atoms with van der Waals surface area (Å²) in [5, 5.41) is 5.62. The van der Waals surface area contributed by atoms with E-state index in [-0.39, 0.29) is 17.6 Å². The molecule has 2 rings (SSSR count). The minimum Gasteiger partial charge on any atom is -0.335 e. The molecule has 1 heterocycles. The third-order valence-corrected chi connectivity index (χ3v) is 4.32. The van der Waals surface area contributed by atoms with Crippen molar-refractivity contribution in [3.05, 3.63) is 35.4 Å². The third kappa shape index (κ3) is 5.44. The van der Waals surface area contributed by atoms with Crippen LogP contribution in [0.1, 0.15) is 45.2 Å².